The van der Waals surface area contributed by atoms with Gasteiger partial charge in [0.2, 0.25) is 0 Å². The van der Waals surface area contributed by atoms with Crippen molar-refractivity contribution in [2.24, 2.45) is 0 Å². The van der Waals surface area contributed by atoms with Gasteiger partial charge in [0.25, 0.3) is 5.91 Å². The van der Waals surface area contributed by atoms with Crippen LogP contribution in [-0.2, 0) is 4.79 Å². The monoisotopic (exact) mass is 427 g/mol. The van der Waals surface area contributed by atoms with Crippen LogP contribution in [0.3, 0.4) is 0 Å². The highest BCUT2D eigenvalue weighted by atomic mass is 16.4. The normalized spacial score (nSPS) is 14.9. The van der Waals surface area contributed by atoms with Gasteiger partial charge in [0.1, 0.15) is 23.5 Å². The van der Waals surface area contributed by atoms with Crippen molar-refractivity contribution in [3.8, 4) is 6.07 Å². The molecule has 1 aliphatic rings. The third-order valence-corrected chi connectivity index (χ3v) is 5.49. The molecule has 4 rings (SSSR count). The first-order chi connectivity index (χ1) is 15.3. The molecule has 0 fully saturated rings. The van der Waals surface area contributed by atoms with Gasteiger partial charge in [-0.1, -0.05) is 29.8 Å². The fourth-order valence-electron chi connectivity index (χ4n) is 3.89. The number of nitriles is 1. The maximum absolute atomic E-state index is 13.5. The fourth-order valence-corrected chi connectivity index (χ4v) is 3.89. The van der Waals surface area contributed by atoms with Crippen molar-refractivity contribution < 1.29 is 14.7 Å². The first-order valence-electron chi connectivity index (χ1n) is 9.97. The van der Waals surface area contributed by atoms with Crippen LogP contribution in [0.25, 0.3) is 0 Å². The van der Waals surface area contributed by atoms with Crippen molar-refractivity contribution in [1.82, 2.24) is 9.78 Å². The summed E-state index contributed by atoms with van der Waals surface area (Å²) in [5.74, 6) is -0.859. The number of allylic oxidation sites excluding steroid dienone is 1. The lowest BCUT2D eigenvalue weighted by Crippen LogP contribution is -2.31. The van der Waals surface area contributed by atoms with E-state index in [-0.39, 0.29) is 11.5 Å². The average Bonchev–Trinajstić information content (AvgIpc) is 3.17. The van der Waals surface area contributed by atoms with E-state index >= 15 is 0 Å². The lowest BCUT2D eigenvalue weighted by Gasteiger charge is -2.30. The van der Waals surface area contributed by atoms with E-state index in [1.165, 1.54) is 18.3 Å². The second-order valence-corrected chi connectivity index (χ2v) is 7.73. The molecule has 0 spiro atoms. The Balaban J connectivity index is 1.80. The molecule has 1 amide bonds. The number of aromatic carboxylic acids is 1. The second kappa shape index (κ2) is 8.04. The van der Waals surface area contributed by atoms with E-state index in [0.717, 1.165) is 11.1 Å². The number of hydrogen-bond donors (Lipinski definition) is 3. The molecule has 1 aliphatic heterocycles. The van der Waals surface area contributed by atoms with E-state index in [9.17, 15) is 20.0 Å². The molecule has 8 nitrogen and oxygen atoms in total. The maximum Gasteiger partial charge on any atom is 0.335 e. The number of rotatable bonds is 4. The molecule has 0 bridgehead atoms. The van der Waals surface area contributed by atoms with Crippen molar-refractivity contribution in [3.05, 3.63) is 87.7 Å². The fraction of sp³-hybridized carbons (Fsp3) is 0.167. The number of carboxylic acids is 1. The summed E-state index contributed by atoms with van der Waals surface area (Å²) in [4.78, 5) is 24.7. The smallest absolute Gasteiger partial charge is 0.335 e. The molecule has 0 aliphatic carbocycles. The van der Waals surface area contributed by atoms with Crippen molar-refractivity contribution in [3.63, 3.8) is 0 Å². The lowest BCUT2D eigenvalue weighted by molar-refractivity contribution is -0.113. The second-order valence-electron chi connectivity index (χ2n) is 7.73. The predicted molar refractivity (Wildman–Crippen MR) is 119 cm³/mol. The quantitative estimate of drug-likeness (QED) is 0.579. The molecule has 0 saturated heterocycles. The van der Waals surface area contributed by atoms with Gasteiger partial charge in [0, 0.05) is 11.4 Å². The summed E-state index contributed by atoms with van der Waals surface area (Å²) in [7, 11) is 0. The van der Waals surface area contributed by atoms with Crippen LogP contribution in [0.5, 0.6) is 0 Å². The average molecular weight is 427 g/mol. The van der Waals surface area contributed by atoms with Gasteiger partial charge >= 0.3 is 5.97 Å². The SMILES string of the molecule is CC1=C(C(=O)Nc2ccc(C)cc2C)[C@H](c2ccc(C(=O)O)cc2)n2ncc(C#N)c2N1. The molecule has 32 heavy (non-hydrogen) atoms. The van der Waals surface area contributed by atoms with Crippen LogP contribution in [-0.4, -0.2) is 26.8 Å². The topological polar surface area (TPSA) is 120 Å². The zero-order chi connectivity index (χ0) is 23.0. The number of nitrogens with one attached hydrogen (secondary N) is 2. The first kappa shape index (κ1) is 20.9. The van der Waals surface area contributed by atoms with Crippen LogP contribution >= 0.6 is 0 Å². The van der Waals surface area contributed by atoms with Crippen LogP contribution in [0, 0.1) is 25.2 Å². The molecule has 1 aromatic heterocycles. The standard InChI is InChI=1S/C24H21N5O3/c1-13-4-9-19(14(2)10-13)28-23(30)20-15(3)27-22-18(11-25)12-26-29(22)21(20)16-5-7-17(8-6-16)24(31)32/h4-10,12,21,27H,1-3H3,(H,28,30)(H,31,32)/t21-/m0/s1. The Kier molecular flexibility index (Phi) is 5.24. The van der Waals surface area contributed by atoms with Crippen molar-refractivity contribution >= 4 is 23.4 Å². The number of hydrogen-bond acceptors (Lipinski definition) is 5. The zero-order valence-corrected chi connectivity index (χ0v) is 17.8. The highest BCUT2D eigenvalue weighted by molar-refractivity contribution is 6.06. The Bertz CT molecular complexity index is 1310. The van der Waals surface area contributed by atoms with Crippen LogP contribution in [0.2, 0.25) is 0 Å². The summed E-state index contributed by atoms with van der Waals surface area (Å²) in [6.45, 7) is 5.68. The van der Waals surface area contributed by atoms with Crippen LogP contribution in [0.15, 0.2) is 59.9 Å². The van der Waals surface area contributed by atoms with Gasteiger partial charge < -0.3 is 15.7 Å². The third kappa shape index (κ3) is 3.61. The number of aromatic nitrogens is 2. The summed E-state index contributed by atoms with van der Waals surface area (Å²) in [6, 6.07) is 13.5. The van der Waals surface area contributed by atoms with Gasteiger partial charge in [-0.05, 0) is 50.1 Å². The number of benzene rings is 2. The zero-order valence-electron chi connectivity index (χ0n) is 17.8. The largest absolute Gasteiger partial charge is 0.478 e. The van der Waals surface area contributed by atoms with Gasteiger partial charge in [-0.2, -0.15) is 10.4 Å². The van der Waals surface area contributed by atoms with Crippen LogP contribution in [0.4, 0.5) is 11.5 Å². The molecule has 2 heterocycles. The number of carboxylic acid groups (broad SMARTS) is 1. The predicted octanol–water partition coefficient (Wildman–Crippen LogP) is 4.00. The minimum Gasteiger partial charge on any atom is -0.478 e. The first-order valence-corrected chi connectivity index (χ1v) is 9.97. The number of anilines is 2. The molecule has 8 heteroatoms. The van der Waals surface area contributed by atoms with Crippen LogP contribution < -0.4 is 10.6 Å². The number of carbonyl (C=O) groups is 2. The molecular weight excluding hydrogens is 406 g/mol. The molecular formula is C24H21N5O3. The molecule has 1 atom stereocenters. The van der Waals surface area contributed by atoms with Gasteiger partial charge in [0.05, 0.1) is 17.3 Å². The Morgan fingerprint density at radius 3 is 2.50 bits per heavy atom. The number of fused-ring (bicyclic) bond motifs is 1. The molecule has 160 valence electrons. The third-order valence-electron chi connectivity index (χ3n) is 5.49. The van der Waals surface area contributed by atoms with E-state index in [2.05, 4.69) is 21.8 Å². The Morgan fingerprint density at radius 2 is 1.88 bits per heavy atom. The molecule has 0 radical (unpaired) electrons. The van der Waals surface area contributed by atoms with E-state index in [1.807, 2.05) is 32.0 Å². The number of carbonyl (C=O) groups excluding carboxylic acids is 1. The highest BCUT2D eigenvalue weighted by Crippen LogP contribution is 2.37. The summed E-state index contributed by atoms with van der Waals surface area (Å²) in [5, 5.41) is 29.1. The van der Waals surface area contributed by atoms with E-state index < -0.39 is 12.0 Å². The highest BCUT2D eigenvalue weighted by Gasteiger charge is 2.34. The maximum atomic E-state index is 13.5. The van der Waals surface area contributed by atoms with Crippen molar-refractivity contribution in [1.29, 1.82) is 5.26 Å². The molecule has 0 unspecified atom stereocenters. The molecule has 0 saturated carbocycles. The Hall–Kier alpha value is -4.38. The van der Waals surface area contributed by atoms with Gasteiger partial charge in [-0.25, -0.2) is 9.48 Å². The van der Waals surface area contributed by atoms with Crippen molar-refractivity contribution in [2.45, 2.75) is 26.8 Å². The Labute approximate surface area is 184 Å². The molecule has 3 N–H and O–H groups in total. The summed E-state index contributed by atoms with van der Waals surface area (Å²) >= 11 is 0. The summed E-state index contributed by atoms with van der Waals surface area (Å²) in [6.07, 6.45) is 1.44. The van der Waals surface area contributed by atoms with Gasteiger partial charge in [-0.3, -0.25) is 4.79 Å². The summed E-state index contributed by atoms with van der Waals surface area (Å²) < 4.78 is 1.58. The number of nitrogens with zero attached hydrogens (tertiary/aromatic N) is 3. The van der Waals surface area contributed by atoms with Crippen LogP contribution in [0.1, 0.15) is 45.6 Å². The summed E-state index contributed by atoms with van der Waals surface area (Å²) in [5.41, 5.74) is 4.91. The Morgan fingerprint density at radius 1 is 1.16 bits per heavy atom. The lowest BCUT2D eigenvalue weighted by atomic mass is 9.93. The minimum absolute atomic E-state index is 0.142. The van der Waals surface area contributed by atoms with Gasteiger partial charge in [-0.15, -0.1) is 0 Å². The molecule has 2 aromatic carbocycles. The van der Waals surface area contributed by atoms with Crippen molar-refractivity contribution in [2.75, 3.05) is 10.6 Å². The molecule has 3 aromatic rings. The van der Waals surface area contributed by atoms with Gasteiger partial charge in [0.15, 0.2) is 0 Å². The van der Waals surface area contributed by atoms with E-state index in [1.54, 1.807) is 23.7 Å². The van der Waals surface area contributed by atoms with E-state index in [4.69, 9.17) is 0 Å². The number of amides is 1. The number of aryl methyl sites for hydroxylation is 2. The van der Waals surface area contributed by atoms with E-state index in [0.29, 0.717) is 33.9 Å². The minimum atomic E-state index is -1.03.